The summed E-state index contributed by atoms with van der Waals surface area (Å²) in [4.78, 5) is 39.3. The van der Waals surface area contributed by atoms with E-state index in [4.69, 9.17) is 21.1 Å². The Balaban J connectivity index is 1.72. The lowest BCUT2D eigenvalue weighted by atomic mass is 9.84. The number of anilines is 1. The van der Waals surface area contributed by atoms with Gasteiger partial charge in [-0.05, 0) is 23.6 Å². The van der Waals surface area contributed by atoms with E-state index in [1.54, 1.807) is 0 Å². The summed E-state index contributed by atoms with van der Waals surface area (Å²) in [6, 6.07) is 5.12. The second kappa shape index (κ2) is 11.5. The van der Waals surface area contributed by atoms with Crippen LogP contribution in [0.4, 0.5) is 19.4 Å². The summed E-state index contributed by atoms with van der Waals surface area (Å²) >= 11 is 6.63. The molecule has 0 radical (unpaired) electrons. The molecule has 0 spiro atoms. The van der Waals surface area contributed by atoms with Gasteiger partial charge in [0.1, 0.15) is 22.9 Å². The number of methoxy groups -OCH3 is 1. The monoisotopic (exact) mass is 603 g/mol. The van der Waals surface area contributed by atoms with Crippen LogP contribution in [0.15, 0.2) is 24.3 Å². The van der Waals surface area contributed by atoms with Gasteiger partial charge in [0.25, 0.3) is 5.91 Å². The van der Waals surface area contributed by atoms with Gasteiger partial charge >= 0.3 is 6.09 Å². The average Bonchev–Trinajstić information content (AvgIpc) is 2.96. The molecule has 1 atom stereocenters. The minimum absolute atomic E-state index is 0.0758. The molecule has 5 rings (SSSR count). The Hall–Kier alpha value is -3.77. The van der Waals surface area contributed by atoms with Gasteiger partial charge in [-0.3, -0.25) is 4.79 Å². The van der Waals surface area contributed by atoms with Gasteiger partial charge in [-0.2, -0.15) is 0 Å². The van der Waals surface area contributed by atoms with Crippen molar-refractivity contribution in [2.75, 3.05) is 57.9 Å². The highest BCUT2D eigenvalue weighted by Gasteiger charge is 2.39. The standard InChI is InChI=1S/C29H32ClF2N5O5/c1-29(2,3)20-15-36(8-9-37(20)28(39)40)26-16-14-17(30)21(22-18(31)6-5-7-19(22)41-4)23(32)24(16)33-25(34-26)27(38)35-10-12-42-13-11-35/h5-7,14,20H,8-13,15H2,1-4H3,(H,39,40). The maximum atomic E-state index is 16.5. The van der Waals surface area contributed by atoms with Gasteiger partial charge in [-0.25, -0.2) is 23.5 Å². The molecule has 1 N–H and O–H groups in total. The van der Waals surface area contributed by atoms with E-state index in [1.165, 1.54) is 41.2 Å². The van der Waals surface area contributed by atoms with E-state index in [0.29, 0.717) is 26.3 Å². The molecule has 1 aromatic heterocycles. The zero-order valence-electron chi connectivity index (χ0n) is 23.8. The van der Waals surface area contributed by atoms with Crippen LogP contribution in [-0.2, 0) is 4.74 Å². The van der Waals surface area contributed by atoms with Crippen LogP contribution in [0.25, 0.3) is 22.0 Å². The van der Waals surface area contributed by atoms with Crippen LogP contribution in [0.2, 0.25) is 5.02 Å². The lowest BCUT2D eigenvalue weighted by Crippen LogP contribution is -2.59. The number of carboxylic acid groups (broad SMARTS) is 1. The Morgan fingerprint density at radius 3 is 2.45 bits per heavy atom. The van der Waals surface area contributed by atoms with Crippen LogP contribution in [-0.4, -0.2) is 96.0 Å². The van der Waals surface area contributed by atoms with Gasteiger partial charge in [0, 0.05) is 43.7 Å². The Bertz CT molecular complexity index is 1540. The highest BCUT2D eigenvalue weighted by molar-refractivity contribution is 6.34. The van der Waals surface area contributed by atoms with E-state index in [2.05, 4.69) is 9.97 Å². The van der Waals surface area contributed by atoms with Gasteiger partial charge in [0.05, 0.1) is 37.0 Å². The third kappa shape index (κ3) is 5.40. The molecule has 3 aromatic rings. The maximum Gasteiger partial charge on any atom is 0.407 e. The molecule has 224 valence electrons. The Kier molecular flexibility index (Phi) is 8.13. The number of ether oxygens (including phenoxy) is 2. The molecule has 0 saturated carbocycles. The number of benzene rings is 2. The van der Waals surface area contributed by atoms with E-state index >= 15 is 8.78 Å². The zero-order valence-corrected chi connectivity index (χ0v) is 24.5. The number of piperazine rings is 1. The van der Waals surface area contributed by atoms with E-state index in [1.807, 2.05) is 25.7 Å². The Morgan fingerprint density at radius 1 is 1.10 bits per heavy atom. The molecule has 42 heavy (non-hydrogen) atoms. The first-order chi connectivity index (χ1) is 19.9. The normalized spacial score (nSPS) is 18.0. The first-order valence-corrected chi connectivity index (χ1v) is 13.9. The van der Waals surface area contributed by atoms with Crippen LogP contribution >= 0.6 is 11.6 Å². The van der Waals surface area contributed by atoms with Crippen molar-refractivity contribution in [2.45, 2.75) is 26.8 Å². The highest BCUT2D eigenvalue weighted by atomic mass is 35.5. The number of carbonyl (C=O) groups is 2. The molecule has 2 aliphatic rings. The highest BCUT2D eigenvalue weighted by Crippen LogP contribution is 2.43. The van der Waals surface area contributed by atoms with Crippen LogP contribution < -0.4 is 9.64 Å². The number of amides is 2. The fraction of sp³-hybridized carbons (Fsp3) is 0.448. The molecule has 2 aliphatic heterocycles. The average molecular weight is 604 g/mol. The quantitative estimate of drug-likeness (QED) is 0.448. The predicted octanol–water partition coefficient (Wildman–Crippen LogP) is 4.92. The minimum atomic E-state index is -1.04. The molecule has 2 aromatic carbocycles. The van der Waals surface area contributed by atoms with Crippen LogP contribution in [0, 0.1) is 17.0 Å². The molecule has 1 unspecified atom stereocenters. The largest absolute Gasteiger partial charge is 0.496 e. The van der Waals surface area contributed by atoms with Crippen molar-refractivity contribution in [3.05, 3.63) is 46.7 Å². The summed E-state index contributed by atoms with van der Waals surface area (Å²) in [5.74, 6) is -2.10. The van der Waals surface area contributed by atoms with Crippen LogP contribution in [0.3, 0.4) is 0 Å². The molecule has 2 saturated heterocycles. The van der Waals surface area contributed by atoms with Gasteiger partial charge in [-0.1, -0.05) is 38.4 Å². The number of nitrogens with zero attached hydrogens (tertiary/aromatic N) is 5. The fourth-order valence-electron chi connectivity index (χ4n) is 5.52. The Morgan fingerprint density at radius 2 is 1.81 bits per heavy atom. The Labute approximate surface area is 246 Å². The summed E-state index contributed by atoms with van der Waals surface area (Å²) < 4.78 is 42.3. The predicted molar refractivity (Wildman–Crippen MR) is 153 cm³/mol. The van der Waals surface area contributed by atoms with Crippen molar-refractivity contribution < 1.29 is 33.0 Å². The first kappa shape index (κ1) is 29.7. The van der Waals surface area contributed by atoms with Gasteiger partial charge in [-0.15, -0.1) is 0 Å². The smallest absolute Gasteiger partial charge is 0.407 e. The van der Waals surface area contributed by atoms with E-state index in [0.717, 1.165) is 0 Å². The molecular weight excluding hydrogens is 572 g/mol. The summed E-state index contributed by atoms with van der Waals surface area (Å²) in [7, 11) is 1.34. The number of fused-ring (bicyclic) bond motifs is 1. The molecule has 10 nitrogen and oxygen atoms in total. The van der Waals surface area contributed by atoms with Crippen molar-refractivity contribution in [2.24, 2.45) is 5.41 Å². The van der Waals surface area contributed by atoms with Crippen molar-refractivity contribution in [1.29, 1.82) is 0 Å². The summed E-state index contributed by atoms with van der Waals surface area (Å²) in [5.41, 5.74) is -1.08. The van der Waals surface area contributed by atoms with Crippen LogP contribution in [0.1, 0.15) is 31.4 Å². The molecule has 2 amide bonds. The number of morpholine rings is 1. The number of rotatable bonds is 4. The zero-order chi connectivity index (χ0) is 30.3. The molecule has 2 fully saturated rings. The number of aromatic nitrogens is 2. The number of hydrogen-bond donors (Lipinski definition) is 1. The lowest BCUT2D eigenvalue weighted by Gasteiger charge is -2.46. The lowest BCUT2D eigenvalue weighted by molar-refractivity contribution is 0.0295. The third-order valence-electron chi connectivity index (χ3n) is 7.72. The van der Waals surface area contributed by atoms with Crippen molar-refractivity contribution >= 4 is 40.3 Å². The second-order valence-corrected chi connectivity index (χ2v) is 11.7. The van der Waals surface area contributed by atoms with Crippen molar-refractivity contribution in [3.63, 3.8) is 0 Å². The van der Waals surface area contributed by atoms with Gasteiger partial charge in [0.2, 0.25) is 5.82 Å². The van der Waals surface area contributed by atoms with E-state index in [-0.39, 0.29) is 64.1 Å². The summed E-state index contributed by atoms with van der Waals surface area (Å²) in [6.07, 6.45) is -1.04. The topological polar surface area (TPSA) is 108 Å². The van der Waals surface area contributed by atoms with Gasteiger partial charge in [0.15, 0.2) is 5.82 Å². The molecular formula is C29H32ClF2N5O5. The van der Waals surface area contributed by atoms with Gasteiger partial charge < -0.3 is 29.3 Å². The molecule has 13 heteroatoms. The SMILES string of the molecule is COc1cccc(F)c1-c1c(Cl)cc2c(N3CCN(C(=O)O)C(C(C)(C)C)C3)nc(C(=O)N3CCOCC3)nc2c1F. The van der Waals surface area contributed by atoms with Crippen molar-refractivity contribution in [3.8, 4) is 16.9 Å². The maximum absolute atomic E-state index is 16.5. The van der Waals surface area contributed by atoms with E-state index < -0.39 is 35.1 Å². The fourth-order valence-corrected chi connectivity index (χ4v) is 5.80. The van der Waals surface area contributed by atoms with E-state index in [9.17, 15) is 14.7 Å². The van der Waals surface area contributed by atoms with Crippen molar-refractivity contribution in [1.82, 2.24) is 19.8 Å². The summed E-state index contributed by atoms with van der Waals surface area (Å²) in [6.45, 7) is 7.77. The number of carbonyl (C=O) groups excluding carboxylic acids is 1. The molecule has 0 bridgehead atoms. The number of halogens is 3. The first-order valence-electron chi connectivity index (χ1n) is 13.6. The molecule has 3 heterocycles. The molecule has 0 aliphatic carbocycles. The minimum Gasteiger partial charge on any atom is -0.496 e. The number of hydrogen-bond acceptors (Lipinski definition) is 7. The van der Waals surface area contributed by atoms with Crippen LogP contribution in [0.5, 0.6) is 5.75 Å². The third-order valence-corrected chi connectivity index (χ3v) is 8.02. The second-order valence-electron chi connectivity index (χ2n) is 11.3. The summed E-state index contributed by atoms with van der Waals surface area (Å²) in [5, 5.41) is 9.97.